The SMILES string of the molecule is O=C(c1ccncc1)N1CCCC(c2nccn2Cc2cscn2)C1. The molecule has 0 saturated carbocycles. The van der Waals surface area contributed by atoms with Crippen molar-refractivity contribution >= 4 is 17.2 Å². The minimum atomic E-state index is 0.0738. The number of rotatable bonds is 4. The van der Waals surface area contributed by atoms with Gasteiger partial charge in [-0.05, 0) is 25.0 Å². The van der Waals surface area contributed by atoms with Gasteiger partial charge in [-0.15, -0.1) is 11.3 Å². The third-order valence-corrected chi connectivity index (χ3v) is 5.20. The zero-order valence-electron chi connectivity index (χ0n) is 13.8. The van der Waals surface area contributed by atoms with Crippen LogP contribution in [0.15, 0.2) is 47.8 Å². The number of hydrogen-bond acceptors (Lipinski definition) is 5. The zero-order chi connectivity index (χ0) is 17.1. The number of hydrogen-bond donors (Lipinski definition) is 0. The average Bonchev–Trinajstić information content (AvgIpc) is 3.34. The van der Waals surface area contributed by atoms with Crippen molar-refractivity contribution in [2.45, 2.75) is 25.3 Å². The molecule has 0 aromatic carbocycles. The van der Waals surface area contributed by atoms with E-state index in [1.165, 1.54) is 0 Å². The van der Waals surface area contributed by atoms with Crippen molar-refractivity contribution in [1.29, 1.82) is 0 Å². The van der Waals surface area contributed by atoms with Gasteiger partial charge in [0.25, 0.3) is 5.91 Å². The van der Waals surface area contributed by atoms with Gasteiger partial charge in [0.2, 0.25) is 0 Å². The van der Waals surface area contributed by atoms with Crippen molar-refractivity contribution in [3.8, 4) is 0 Å². The monoisotopic (exact) mass is 353 g/mol. The van der Waals surface area contributed by atoms with Crippen LogP contribution in [0.2, 0.25) is 0 Å². The quantitative estimate of drug-likeness (QED) is 0.723. The third-order valence-electron chi connectivity index (χ3n) is 4.56. The Morgan fingerprint density at radius 3 is 2.92 bits per heavy atom. The molecule has 7 heteroatoms. The van der Waals surface area contributed by atoms with Crippen molar-refractivity contribution < 1.29 is 4.79 Å². The second-order valence-electron chi connectivity index (χ2n) is 6.22. The van der Waals surface area contributed by atoms with E-state index < -0.39 is 0 Å². The lowest BCUT2D eigenvalue weighted by atomic mass is 9.96. The van der Waals surface area contributed by atoms with Gasteiger partial charge in [0.15, 0.2) is 0 Å². The molecule has 4 heterocycles. The summed E-state index contributed by atoms with van der Waals surface area (Å²) in [6.45, 7) is 2.23. The summed E-state index contributed by atoms with van der Waals surface area (Å²) in [5, 5.41) is 2.06. The summed E-state index contributed by atoms with van der Waals surface area (Å²) in [5.74, 6) is 1.37. The molecule has 1 aliphatic rings. The summed E-state index contributed by atoms with van der Waals surface area (Å²) in [7, 11) is 0. The van der Waals surface area contributed by atoms with Crippen LogP contribution in [0.1, 0.15) is 40.6 Å². The summed E-state index contributed by atoms with van der Waals surface area (Å²) in [6, 6.07) is 3.55. The first-order valence-electron chi connectivity index (χ1n) is 8.38. The molecule has 0 aliphatic carbocycles. The Kier molecular flexibility index (Phi) is 4.56. The van der Waals surface area contributed by atoms with Crippen molar-refractivity contribution in [1.82, 2.24) is 24.4 Å². The molecule has 6 nitrogen and oxygen atoms in total. The standard InChI is InChI=1S/C18H19N5OS/c24-18(14-3-5-19-6-4-14)23-8-1-2-15(10-23)17-20-7-9-22(17)11-16-12-25-13-21-16/h3-7,9,12-13,15H,1-2,8,10-11H2. The highest BCUT2D eigenvalue weighted by Gasteiger charge is 2.28. The lowest BCUT2D eigenvalue weighted by Gasteiger charge is -2.32. The molecule has 0 N–H and O–H groups in total. The molecule has 0 bridgehead atoms. The molecule has 1 saturated heterocycles. The number of nitrogens with zero attached hydrogens (tertiary/aromatic N) is 5. The third kappa shape index (κ3) is 3.46. The number of carbonyl (C=O) groups is 1. The summed E-state index contributed by atoms with van der Waals surface area (Å²) in [6.07, 6.45) is 9.20. The summed E-state index contributed by atoms with van der Waals surface area (Å²) in [4.78, 5) is 27.6. The molecular weight excluding hydrogens is 334 g/mol. The maximum absolute atomic E-state index is 12.7. The fourth-order valence-corrected chi connectivity index (χ4v) is 3.90. The number of likely N-dealkylation sites (tertiary alicyclic amines) is 1. The maximum atomic E-state index is 12.7. The molecule has 0 radical (unpaired) electrons. The molecule has 3 aromatic rings. The second-order valence-corrected chi connectivity index (χ2v) is 6.94. The average molecular weight is 353 g/mol. The number of thiazole rings is 1. The van der Waals surface area contributed by atoms with Gasteiger partial charge < -0.3 is 9.47 Å². The molecule has 1 fully saturated rings. The highest BCUT2D eigenvalue weighted by molar-refractivity contribution is 7.07. The number of aromatic nitrogens is 4. The molecule has 0 spiro atoms. The predicted octanol–water partition coefficient (Wildman–Crippen LogP) is 2.80. The van der Waals surface area contributed by atoms with E-state index in [-0.39, 0.29) is 11.8 Å². The largest absolute Gasteiger partial charge is 0.338 e. The number of amides is 1. The summed E-state index contributed by atoms with van der Waals surface area (Å²) >= 11 is 1.60. The Balaban J connectivity index is 1.50. The highest BCUT2D eigenvalue weighted by Crippen LogP contribution is 2.27. The predicted molar refractivity (Wildman–Crippen MR) is 95.6 cm³/mol. The van der Waals surface area contributed by atoms with E-state index in [1.807, 2.05) is 22.8 Å². The Bertz CT molecular complexity index is 830. The molecule has 128 valence electrons. The van der Waals surface area contributed by atoms with Crippen LogP contribution in [0.3, 0.4) is 0 Å². The van der Waals surface area contributed by atoms with Crippen LogP contribution in [0, 0.1) is 0 Å². The van der Waals surface area contributed by atoms with Crippen LogP contribution >= 0.6 is 11.3 Å². The van der Waals surface area contributed by atoms with Crippen molar-refractivity contribution in [2.75, 3.05) is 13.1 Å². The van der Waals surface area contributed by atoms with Crippen LogP contribution in [-0.2, 0) is 6.54 Å². The fraction of sp³-hybridized carbons (Fsp3) is 0.333. The van der Waals surface area contributed by atoms with E-state index >= 15 is 0 Å². The number of carbonyl (C=O) groups excluding carboxylic acids is 1. The smallest absolute Gasteiger partial charge is 0.253 e. The van der Waals surface area contributed by atoms with Crippen molar-refractivity contribution in [2.24, 2.45) is 0 Å². The van der Waals surface area contributed by atoms with Gasteiger partial charge >= 0.3 is 0 Å². The van der Waals surface area contributed by atoms with E-state index in [0.29, 0.717) is 12.1 Å². The number of piperidine rings is 1. The van der Waals surface area contributed by atoms with Crippen LogP contribution in [0.25, 0.3) is 0 Å². The lowest BCUT2D eigenvalue weighted by Crippen LogP contribution is -2.39. The summed E-state index contributed by atoms with van der Waals surface area (Å²) in [5.41, 5.74) is 3.59. The van der Waals surface area contributed by atoms with Crippen LogP contribution < -0.4 is 0 Å². The van der Waals surface area contributed by atoms with Crippen molar-refractivity contribution in [3.05, 3.63) is 64.9 Å². The maximum Gasteiger partial charge on any atom is 0.253 e. The Hall–Kier alpha value is -2.54. The first-order chi connectivity index (χ1) is 12.3. The number of pyridine rings is 1. The van der Waals surface area contributed by atoms with E-state index in [9.17, 15) is 4.79 Å². The highest BCUT2D eigenvalue weighted by atomic mass is 32.1. The first kappa shape index (κ1) is 16.0. The topological polar surface area (TPSA) is 63.9 Å². The Morgan fingerprint density at radius 2 is 2.12 bits per heavy atom. The molecule has 1 aliphatic heterocycles. The normalized spacial score (nSPS) is 17.6. The van der Waals surface area contributed by atoms with Gasteiger partial charge in [0, 0.05) is 54.7 Å². The molecular formula is C18H19N5OS. The molecule has 3 aromatic heterocycles. The van der Waals surface area contributed by atoms with Gasteiger partial charge in [-0.25, -0.2) is 9.97 Å². The second kappa shape index (κ2) is 7.14. The molecule has 4 rings (SSSR count). The molecule has 1 atom stereocenters. The molecule has 25 heavy (non-hydrogen) atoms. The Morgan fingerprint density at radius 1 is 1.24 bits per heavy atom. The summed E-state index contributed by atoms with van der Waals surface area (Å²) < 4.78 is 2.15. The lowest BCUT2D eigenvalue weighted by molar-refractivity contribution is 0.0703. The molecule has 1 unspecified atom stereocenters. The van der Waals surface area contributed by atoms with Gasteiger partial charge in [-0.2, -0.15) is 0 Å². The minimum absolute atomic E-state index is 0.0738. The van der Waals surface area contributed by atoms with Crippen molar-refractivity contribution in [3.63, 3.8) is 0 Å². The van der Waals surface area contributed by atoms with Gasteiger partial charge in [-0.1, -0.05) is 0 Å². The van der Waals surface area contributed by atoms with E-state index in [0.717, 1.165) is 37.4 Å². The van der Waals surface area contributed by atoms with Gasteiger partial charge in [0.1, 0.15) is 5.82 Å². The van der Waals surface area contributed by atoms with Crippen LogP contribution in [0.4, 0.5) is 0 Å². The first-order valence-corrected chi connectivity index (χ1v) is 9.33. The minimum Gasteiger partial charge on any atom is -0.338 e. The number of imidazole rings is 1. The van der Waals surface area contributed by atoms with E-state index in [4.69, 9.17) is 0 Å². The zero-order valence-corrected chi connectivity index (χ0v) is 14.6. The molecule has 1 amide bonds. The van der Waals surface area contributed by atoms with Gasteiger partial charge in [0.05, 0.1) is 17.7 Å². The van der Waals surface area contributed by atoms with E-state index in [2.05, 4.69) is 24.9 Å². The van der Waals surface area contributed by atoms with Crippen LogP contribution in [0.5, 0.6) is 0 Å². The van der Waals surface area contributed by atoms with Gasteiger partial charge in [-0.3, -0.25) is 9.78 Å². The fourth-order valence-electron chi connectivity index (χ4n) is 3.35. The Labute approximate surface area is 150 Å². The van der Waals surface area contributed by atoms with Crippen LogP contribution in [-0.4, -0.2) is 43.4 Å². The van der Waals surface area contributed by atoms with E-state index in [1.54, 1.807) is 35.9 Å².